The molecule has 0 aromatic carbocycles. The molecule has 0 bridgehead atoms. The molecule has 7 nitrogen and oxygen atoms in total. The molecule has 20 heavy (non-hydrogen) atoms. The van der Waals surface area contributed by atoms with Crippen LogP contribution in [0.25, 0.3) is 0 Å². The second-order valence-electron chi connectivity index (χ2n) is 4.35. The Morgan fingerprint density at radius 1 is 1.35 bits per heavy atom. The number of aryl methyl sites for hydroxylation is 1. The van der Waals surface area contributed by atoms with Crippen LogP contribution in [-0.4, -0.2) is 29.1 Å². The number of hydrogen-bond donors (Lipinski definition) is 2. The highest BCUT2D eigenvalue weighted by Gasteiger charge is 2.15. The summed E-state index contributed by atoms with van der Waals surface area (Å²) in [5, 5.41) is 0. The van der Waals surface area contributed by atoms with Gasteiger partial charge in [0, 0.05) is 12.7 Å². The summed E-state index contributed by atoms with van der Waals surface area (Å²) in [6.45, 7) is 2.57. The molecule has 0 radical (unpaired) electrons. The van der Waals surface area contributed by atoms with Crippen LogP contribution in [0, 0.1) is 6.92 Å². The van der Waals surface area contributed by atoms with E-state index in [2.05, 4.69) is 20.4 Å². The maximum Gasteiger partial charge on any atom is 0.205 e. The van der Waals surface area contributed by atoms with Crippen molar-refractivity contribution >= 4 is 11.6 Å². The van der Waals surface area contributed by atoms with Crippen LogP contribution in [0.5, 0.6) is 5.75 Å². The van der Waals surface area contributed by atoms with Gasteiger partial charge in [-0.15, -0.1) is 0 Å². The summed E-state index contributed by atoms with van der Waals surface area (Å²) in [4.78, 5) is 14.7. The van der Waals surface area contributed by atoms with Gasteiger partial charge in [0.15, 0.2) is 11.6 Å². The molecule has 0 fully saturated rings. The standard InChI is InChI=1S/C13H18N6O/c1-9-5-4-6-10(17-9)7-19(2)13-11(20-3)12(18-14)15-8-16-13/h4-6,8H,7,14H2,1-3H3,(H,15,16,18). The van der Waals surface area contributed by atoms with Crippen LogP contribution in [0.15, 0.2) is 24.5 Å². The molecule has 0 spiro atoms. The summed E-state index contributed by atoms with van der Waals surface area (Å²) in [7, 11) is 3.47. The molecule has 0 atom stereocenters. The lowest BCUT2D eigenvalue weighted by Gasteiger charge is -2.21. The molecule has 0 unspecified atom stereocenters. The SMILES string of the molecule is COc1c(NN)ncnc1N(C)Cc1cccc(C)n1. The minimum atomic E-state index is 0.446. The van der Waals surface area contributed by atoms with Gasteiger partial charge in [-0.3, -0.25) is 4.98 Å². The summed E-state index contributed by atoms with van der Waals surface area (Å²) in [5.74, 6) is 7.02. The predicted molar refractivity (Wildman–Crippen MR) is 77.5 cm³/mol. The molecule has 2 aromatic heterocycles. The summed E-state index contributed by atoms with van der Waals surface area (Å²) < 4.78 is 5.32. The highest BCUT2D eigenvalue weighted by atomic mass is 16.5. The molecule has 0 aliphatic carbocycles. The normalized spacial score (nSPS) is 10.2. The number of rotatable bonds is 5. The second kappa shape index (κ2) is 6.16. The van der Waals surface area contributed by atoms with Crippen molar-refractivity contribution in [2.45, 2.75) is 13.5 Å². The lowest BCUT2D eigenvalue weighted by Crippen LogP contribution is -2.21. The van der Waals surface area contributed by atoms with E-state index in [4.69, 9.17) is 10.6 Å². The van der Waals surface area contributed by atoms with E-state index >= 15 is 0 Å². The van der Waals surface area contributed by atoms with Crippen LogP contribution < -0.4 is 20.9 Å². The van der Waals surface area contributed by atoms with Gasteiger partial charge in [0.1, 0.15) is 6.33 Å². The summed E-state index contributed by atoms with van der Waals surface area (Å²) in [6.07, 6.45) is 1.44. The van der Waals surface area contributed by atoms with Crippen LogP contribution in [0.4, 0.5) is 11.6 Å². The molecule has 0 saturated carbocycles. The van der Waals surface area contributed by atoms with Gasteiger partial charge in [-0.25, -0.2) is 15.8 Å². The topological polar surface area (TPSA) is 89.2 Å². The minimum Gasteiger partial charge on any atom is -0.490 e. The van der Waals surface area contributed by atoms with E-state index in [0.29, 0.717) is 23.9 Å². The molecule has 0 aliphatic heterocycles. The van der Waals surface area contributed by atoms with Crippen molar-refractivity contribution in [2.24, 2.45) is 5.84 Å². The van der Waals surface area contributed by atoms with Crippen molar-refractivity contribution < 1.29 is 4.74 Å². The van der Waals surface area contributed by atoms with E-state index < -0.39 is 0 Å². The van der Waals surface area contributed by atoms with Gasteiger partial charge < -0.3 is 15.1 Å². The molecule has 3 N–H and O–H groups in total. The maximum absolute atomic E-state index is 5.42. The first kappa shape index (κ1) is 14.0. The first-order valence-electron chi connectivity index (χ1n) is 6.15. The fourth-order valence-corrected chi connectivity index (χ4v) is 1.93. The number of nitrogens with two attached hydrogens (primary N) is 1. The quantitative estimate of drug-likeness (QED) is 0.623. The maximum atomic E-state index is 5.42. The lowest BCUT2D eigenvalue weighted by atomic mass is 10.3. The second-order valence-corrected chi connectivity index (χ2v) is 4.35. The Morgan fingerprint density at radius 2 is 2.15 bits per heavy atom. The molecular formula is C13H18N6O. The number of nitrogen functional groups attached to an aromatic ring is 1. The Labute approximate surface area is 117 Å². The predicted octanol–water partition coefficient (Wildman–Crippen LogP) is 1.11. The Bertz CT molecular complexity index is 589. The third-order valence-electron chi connectivity index (χ3n) is 2.83. The van der Waals surface area contributed by atoms with Gasteiger partial charge in [0.2, 0.25) is 5.75 Å². The number of hydrogen-bond acceptors (Lipinski definition) is 7. The van der Waals surface area contributed by atoms with E-state index in [-0.39, 0.29) is 0 Å². The number of methoxy groups -OCH3 is 1. The number of aromatic nitrogens is 3. The third-order valence-corrected chi connectivity index (χ3v) is 2.83. The lowest BCUT2D eigenvalue weighted by molar-refractivity contribution is 0.412. The van der Waals surface area contributed by atoms with E-state index in [1.54, 1.807) is 7.11 Å². The highest BCUT2D eigenvalue weighted by molar-refractivity contribution is 5.64. The van der Waals surface area contributed by atoms with Gasteiger partial charge >= 0.3 is 0 Å². The Hall–Kier alpha value is -2.41. The summed E-state index contributed by atoms with van der Waals surface area (Å²) >= 11 is 0. The van der Waals surface area contributed by atoms with E-state index in [0.717, 1.165) is 11.4 Å². The number of pyridine rings is 1. The molecule has 7 heteroatoms. The zero-order valence-electron chi connectivity index (χ0n) is 11.8. The minimum absolute atomic E-state index is 0.446. The van der Waals surface area contributed by atoms with Gasteiger partial charge in [-0.1, -0.05) is 6.07 Å². The number of nitrogens with zero attached hydrogens (tertiary/aromatic N) is 4. The molecule has 2 rings (SSSR count). The van der Waals surface area contributed by atoms with E-state index in [9.17, 15) is 0 Å². The Balaban J connectivity index is 2.27. The van der Waals surface area contributed by atoms with Crippen molar-refractivity contribution in [3.05, 3.63) is 35.9 Å². The van der Waals surface area contributed by atoms with Crippen LogP contribution in [-0.2, 0) is 6.54 Å². The van der Waals surface area contributed by atoms with Crippen LogP contribution in [0.2, 0.25) is 0 Å². The van der Waals surface area contributed by atoms with Crippen LogP contribution in [0.1, 0.15) is 11.4 Å². The van der Waals surface area contributed by atoms with Crippen LogP contribution >= 0.6 is 0 Å². The number of ether oxygens (including phenoxy) is 1. The average molecular weight is 274 g/mol. The fraction of sp³-hybridized carbons (Fsp3) is 0.308. The molecule has 0 saturated heterocycles. The molecule has 0 aliphatic rings. The average Bonchev–Trinajstić information content (AvgIpc) is 2.46. The zero-order valence-corrected chi connectivity index (χ0v) is 11.8. The number of nitrogens with one attached hydrogen (secondary N) is 1. The number of anilines is 2. The summed E-state index contributed by atoms with van der Waals surface area (Å²) in [5.41, 5.74) is 4.43. The van der Waals surface area contributed by atoms with Gasteiger partial charge in [0.05, 0.1) is 19.3 Å². The molecule has 2 aromatic rings. The first-order chi connectivity index (χ1) is 9.65. The van der Waals surface area contributed by atoms with E-state index in [1.807, 2.05) is 37.1 Å². The fourth-order valence-electron chi connectivity index (χ4n) is 1.93. The smallest absolute Gasteiger partial charge is 0.205 e. The Morgan fingerprint density at radius 3 is 2.80 bits per heavy atom. The molecule has 0 amide bonds. The van der Waals surface area contributed by atoms with Gasteiger partial charge in [0.25, 0.3) is 0 Å². The van der Waals surface area contributed by atoms with Crippen molar-refractivity contribution in [3.8, 4) is 5.75 Å². The molecule has 2 heterocycles. The van der Waals surface area contributed by atoms with Gasteiger partial charge in [-0.2, -0.15) is 0 Å². The van der Waals surface area contributed by atoms with E-state index in [1.165, 1.54) is 6.33 Å². The van der Waals surface area contributed by atoms with Crippen LogP contribution in [0.3, 0.4) is 0 Å². The molecule has 106 valence electrons. The summed E-state index contributed by atoms with van der Waals surface area (Å²) in [6, 6.07) is 5.92. The van der Waals surface area contributed by atoms with Crippen molar-refractivity contribution in [2.75, 3.05) is 24.5 Å². The van der Waals surface area contributed by atoms with Crippen molar-refractivity contribution in [1.29, 1.82) is 0 Å². The van der Waals surface area contributed by atoms with Crippen molar-refractivity contribution in [3.63, 3.8) is 0 Å². The largest absolute Gasteiger partial charge is 0.490 e. The first-order valence-corrected chi connectivity index (χ1v) is 6.15. The number of hydrazine groups is 1. The third kappa shape index (κ3) is 2.94. The molecular weight excluding hydrogens is 256 g/mol. The Kier molecular flexibility index (Phi) is 4.31. The van der Waals surface area contributed by atoms with Crippen molar-refractivity contribution in [1.82, 2.24) is 15.0 Å². The monoisotopic (exact) mass is 274 g/mol. The zero-order chi connectivity index (χ0) is 14.5. The highest BCUT2D eigenvalue weighted by Crippen LogP contribution is 2.31. The van der Waals surface area contributed by atoms with Gasteiger partial charge in [-0.05, 0) is 19.1 Å².